The van der Waals surface area contributed by atoms with E-state index in [-0.39, 0.29) is 12.1 Å². The largest absolute Gasteiger partial charge is 0.394 e. The smallest absolute Gasteiger partial charge is 0.0613 e. The van der Waals surface area contributed by atoms with Gasteiger partial charge in [-0.15, -0.1) is 0 Å². The molecule has 0 bridgehead atoms. The maximum atomic E-state index is 9.75. The zero-order chi connectivity index (χ0) is 13.4. The van der Waals surface area contributed by atoms with E-state index in [1.165, 1.54) is 38.8 Å². The number of aliphatic hydroxyl groups excluding tert-OH is 1. The van der Waals surface area contributed by atoms with Crippen molar-refractivity contribution in [2.45, 2.75) is 70.9 Å². The van der Waals surface area contributed by atoms with Crippen molar-refractivity contribution in [3.05, 3.63) is 0 Å². The second-order valence-corrected chi connectivity index (χ2v) is 5.75. The summed E-state index contributed by atoms with van der Waals surface area (Å²) in [7, 11) is 0. The minimum absolute atomic E-state index is 0.0165. The number of aliphatic hydroxyl groups is 1. The van der Waals surface area contributed by atoms with Gasteiger partial charge in [0.1, 0.15) is 0 Å². The summed E-state index contributed by atoms with van der Waals surface area (Å²) in [6.07, 6.45) is 7.22. The van der Waals surface area contributed by atoms with Gasteiger partial charge in [0.2, 0.25) is 0 Å². The van der Waals surface area contributed by atoms with Crippen molar-refractivity contribution < 1.29 is 5.11 Å². The van der Waals surface area contributed by atoms with Gasteiger partial charge in [0.25, 0.3) is 0 Å². The molecule has 108 valence electrons. The Bertz CT molecular complexity index is 213. The van der Waals surface area contributed by atoms with Gasteiger partial charge >= 0.3 is 0 Å². The molecule has 0 heterocycles. The van der Waals surface area contributed by atoms with Crippen molar-refractivity contribution in [2.75, 3.05) is 26.2 Å². The molecule has 0 saturated heterocycles. The van der Waals surface area contributed by atoms with Crippen LogP contribution in [0.25, 0.3) is 0 Å². The van der Waals surface area contributed by atoms with E-state index in [1.54, 1.807) is 0 Å². The third-order valence-electron chi connectivity index (χ3n) is 4.21. The van der Waals surface area contributed by atoms with E-state index in [1.807, 2.05) is 0 Å². The fraction of sp³-hybridized carbons (Fsp3) is 1.00. The Hall–Kier alpha value is -0.120. The first-order valence-electron chi connectivity index (χ1n) is 7.81. The minimum Gasteiger partial charge on any atom is -0.394 e. The molecular weight excluding hydrogens is 224 g/mol. The van der Waals surface area contributed by atoms with E-state index in [9.17, 15) is 5.11 Å². The third kappa shape index (κ3) is 4.22. The molecule has 0 aromatic heterocycles. The summed E-state index contributed by atoms with van der Waals surface area (Å²) in [6, 6.07) is 0.657. The van der Waals surface area contributed by atoms with Crippen LogP contribution in [0, 0.1) is 0 Å². The zero-order valence-electron chi connectivity index (χ0n) is 12.5. The van der Waals surface area contributed by atoms with Gasteiger partial charge in [0.15, 0.2) is 0 Å². The lowest BCUT2D eigenvalue weighted by Crippen LogP contribution is -2.56. The summed E-state index contributed by atoms with van der Waals surface area (Å²) < 4.78 is 0. The molecule has 1 fully saturated rings. The normalized spacial score (nSPS) is 28.8. The quantitative estimate of drug-likeness (QED) is 0.700. The van der Waals surface area contributed by atoms with Crippen LogP contribution in [-0.2, 0) is 0 Å². The van der Waals surface area contributed by atoms with Crippen molar-refractivity contribution in [3.63, 3.8) is 0 Å². The van der Waals surface area contributed by atoms with Crippen molar-refractivity contribution in [3.8, 4) is 0 Å². The first-order valence-corrected chi connectivity index (χ1v) is 7.81. The van der Waals surface area contributed by atoms with Crippen LogP contribution in [0.3, 0.4) is 0 Å². The molecule has 0 aromatic carbocycles. The van der Waals surface area contributed by atoms with Crippen LogP contribution >= 0.6 is 0 Å². The van der Waals surface area contributed by atoms with E-state index in [4.69, 9.17) is 0 Å². The predicted molar refractivity (Wildman–Crippen MR) is 77.9 cm³/mol. The van der Waals surface area contributed by atoms with Gasteiger partial charge in [-0.3, -0.25) is 0 Å². The molecule has 1 saturated carbocycles. The van der Waals surface area contributed by atoms with Crippen molar-refractivity contribution in [2.24, 2.45) is 0 Å². The summed E-state index contributed by atoms with van der Waals surface area (Å²) in [6.45, 7) is 10.3. The van der Waals surface area contributed by atoms with Crippen LogP contribution in [0.4, 0.5) is 0 Å². The highest BCUT2D eigenvalue weighted by molar-refractivity contribution is 4.96. The average molecular weight is 256 g/mol. The molecule has 0 aliphatic heterocycles. The van der Waals surface area contributed by atoms with Gasteiger partial charge in [-0.2, -0.15) is 0 Å². The van der Waals surface area contributed by atoms with E-state index >= 15 is 0 Å². The third-order valence-corrected chi connectivity index (χ3v) is 4.21. The van der Waals surface area contributed by atoms with Crippen LogP contribution in [-0.4, -0.2) is 47.8 Å². The number of hydrogen-bond donors (Lipinski definition) is 2. The molecule has 3 nitrogen and oxygen atoms in total. The van der Waals surface area contributed by atoms with Gasteiger partial charge < -0.3 is 15.3 Å². The van der Waals surface area contributed by atoms with Gasteiger partial charge in [0.05, 0.1) is 6.61 Å². The molecule has 1 aliphatic carbocycles. The summed E-state index contributed by atoms with van der Waals surface area (Å²) in [4.78, 5) is 2.64. The highest BCUT2D eigenvalue weighted by atomic mass is 16.3. The molecule has 0 aromatic rings. The summed E-state index contributed by atoms with van der Waals surface area (Å²) in [5.74, 6) is 0. The highest BCUT2D eigenvalue weighted by Gasteiger charge is 2.36. The second-order valence-electron chi connectivity index (χ2n) is 5.75. The Balaban J connectivity index is 2.64. The Morgan fingerprint density at radius 3 is 2.39 bits per heavy atom. The van der Waals surface area contributed by atoms with E-state index in [0.29, 0.717) is 6.04 Å². The molecule has 2 atom stereocenters. The molecule has 0 amide bonds. The van der Waals surface area contributed by atoms with Gasteiger partial charge in [-0.05, 0) is 58.2 Å². The monoisotopic (exact) mass is 256 g/mol. The summed E-state index contributed by atoms with van der Waals surface area (Å²) in [5, 5.41) is 13.3. The number of rotatable bonds is 8. The van der Waals surface area contributed by atoms with Crippen LogP contribution in [0.15, 0.2) is 0 Å². The zero-order valence-corrected chi connectivity index (χ0v) is 12.5. The lowest BCUT2D eigenvalue weighted by atomic mass is 9.78. The molecule has 18 heavy (non-hydrogen) atoms. The fourth-order valence-corrected chi connectivity index (χ4v) is 3.43. The van der Waals surface area contributed by atoms with Crippen molar-refractivity contribution in [1.82, 2.24) is 10.2 Å². The Morgan fingerprint density at radius 1 is 1.22 bits per heavy atom. The van der Waals surface area contributed by atoms with E-state index in [2.05, 4.69) is 31.0 Å². The second kappa shape index (κ2) is 8.13. The standard InChI is InChI=1S/C15H32N2O/c1-4-10-17(11-5-2)14-8-7-9-15(12-14,13-18)16-6-3/h14,16,18H,4-13H2,1-3H3. The molecule has 1 rings (SSSR count). The maximum absolute atomic E-state index is 9.75. The first-order chi connectivity index (χ1) is 8.71. The lowest BCUT2D eigenvalue weighted by molar-refractivity contribution is 0.0600. The highest BCUT2D eigenvalue weighted by Crippen LogP contribution is 2.31. The molecule has 3 heteroatoms. The number of nitrogens with one attached hydrogen (secondary N) is 1. The minimum atomic E-state index is -0.0165. The maximum Gasteiger partial charge on any atom is 0.0613 e. The summed E-state index contributed by atoms with van der Waals surface area (Å²) in [5.41, 5.74) is -0.0165. The topological polar surface area (TPSA) is 35.5 Å². The van der Waals surface area contributed by atoms with Gasteiger partial charge in [-0.25, -0.2) is 0 Å². The number of likely N-dealkylation sites (N-methyl/N-ethyl adjacent to an activating group) is 1. The fourth-order valence-electron chi connectivity index (χ4n) is 3.43. The van der Waals surface area contributed by atoms with Crippen molar-refractivity contribution >= 4 is 0 Å². The molecule has 2 N–H and O–H groups in total. The molecular formula is C15H32N2O. The lowest BCUT2D eigenvalue weighted by Gasteiger charge is -2.44. The SMILES string of the molecule is CCCN(CCC)C1CCCC(CO)(NCC)C1. The Morgan fingerprint density at radius 2 is 1.89 bits per heavy atom. The van der Waals surface area contributed by atoms with Crippen LogP contribution in [0.5, 0.6) is 0 Å². The van der Waals surface area contributed by atoms with Gasteiger partial charge in [0, 0.05) is 11.6 Å². The van der Waals surface area contributed by atoms with Crippen LogP contribution in [0.2, 0.25) is 0 Å². The van der Waals surface area contributed by atoms with E-state index < -0.39 is 0 Å². The Labute approximate surface area is 113 Å². The van der Waals surface area contributed by atoms with Crippen LogP contribution in [0.1, 0.15) is 59.3 Å². The molecule has 2 unspecified atom stereocenters. The number of hydrogen-bond acceptors (Lipinski definition) is 3. The first kappa shape index (κ1) is 15.9. The Kier molecular flexibility index (Phi) is 7.20. The van der Waals surface area contributed by atoms with Crippen molar-refractivity contribution in [1.29, 1.82) is 0 Å². The average Bonchev–Trinajstić information content (AvgIpc) is 2.39. The predicted octanol–water partition coefficient (Wildman–Crippen LogP) is 2.39. The molecule has 0 radical (unpaired) electrons. The molecule has 1 aliphatic rings. The van der Waals surface area contributed by atoms with Gasteiger partial charge in [-0.1, -0.05) is 20.8 Å². The van der Waals surface area contributed by atoms with Crippen LogP contribution < -0.4 is 5.32 Å². The van der Waals surface area contributed by atoms with E-state index in [0.717, 1.165) is 19.4 Å². The number of nitrogens with zero attached hydrogens (tertiary/aromatic N) is 1. The molecule has 0 spiro atoms. The summed E-state index contributed by atoms with van der Waals surface area (Å²) >= 11 is 0.